The summed E-state index contributed by atoms with van der Waals surface area (Å²) in [4.78, 5) is 17.3. The number of fused-ring (bicyclic) bond motifs is 2. The first-order valence-corrected chi connectivity index (χ1v) is 15.9. The van der Waals surface area contributed by atoms with E-state index in [4.69, 9.17) is 18.9 Å². The summed E-state index contributed by atoms with van der Waals surface area (Å²) in [6.07, 6.45) is 3.40. The fraction of sp³-hybridized carbons (Fsp3) is 0.588. The molecule has 8 unspecified atom stereocenters. The summed E-state index contributed by atoms with van der Waals surface area (Å²) < 4.78 is 25.1. The lowest BCUT2D eigenvalue weighted by Gasteiger charge is -2.61. The van der Waals surface area contributed by atoms with Crippen molar-refractivity contribution in [1.82, 2.24) is 9.55 Å². The van der Waals surface area contributed by atoms with Gasteiger partial charge in [0.1, 0.15) is 24.1 Å². The first-order chi connectivity index (χ1) is 21.9. The number of cyclic esters (lactones) is 1. The number of rotatable bonds is 6. The van der Waals surface area contributed by atoms with E-state index in [0.29, 0.717) is 30.8 Å². The van der Waals surface area contributed by atoms with Crippen LogP contribution in [-0.2, 0) is 30.8 Å². The third-order valence-electron chi connectivity index (χ3n) is 11.4. The van der Waals surface area contributed by atoms with Crippen molar-refractivity contribution in [1.29, 1.82) is 0 Å². The van der Waals surface area contributed by atoms with E-state index < -0.39 is 48.4 Å². The third kappa shape index (κ3) is 5.06. The van der Waals surface area contributed by atoms with Crippen molar-refractivity contribution in [2.24, 2.45) is 29.7 Å². The SMILES string of the molecule is Cn1cnc2cc(/C=C3C=C(/C=C/C4C5(CCC6[C@]4(C)CC[C@@H](OC4OC(O)C(O)C(O)C4O)[C@@]6(C)CO)CO5)C(=O)O\3)ccc21. The number of carbonyl (C=O) groups is 1. The van der Waals surface area contributed by atoms with Crippen LogP contribution in [0.25, 0.3) is 17.1 Å². The number of imidazole rings is 1. The molecule has 12 nitrogen and oxygen atoms in total. The largest absolute Gasteiger partial charge is 0.423 e. The normalized spacial score (nSPS) is 43.3. The maximum atomic E-state index is 12.9. The molecule has 0 bridgehead atoms. The molecule has 7 rings (SSSR count). The Morgan fingerprint density at radius 1 is 1.11 bits per heavy atom. The zero-order valence-corrected chi connectivity index (χ0v) is 26.2. The van der Waals surface area contributed by atoms with E-state index in [0.717, 1.165) is 29.4 Å². The number of carbonyl (C=O) groups excluding carboxylic acids is 1. The fourth-order valence-electron chi connectivity index (χ4n) is 8.65. The number of esters is 1. The first-order valence-electron chi connectivity index (χ1n) is 15.9. The van der Waals surface area contributed by atoms with Crippen LogP contribution >= 0.6 is 0 Å². The average molecular weight is 639 g/mol. The van der Waals surface area contributed by atoms with Crippen LogP contribution in [0.1, 0.15) is 45.1 Å². The molecule has 4 heterocycles. The van der Waals surface area contributed by atoms with E-state index in [9.17, 15) is 30.3 Å². The number of aromatic nitrogens is 2. The van der Waals surface area contributed by atoms with Gasteiger partial charge >= 0.3 is 5.97 Å². The molecule has 0 amide bonds. The minimum atomic E-state index is -1.72. The van der Waals surface area contributed by atoms with Gasteiger partial charge in [0.05, 0.1) is 47.9 Å². The predicted molar refractivity (Wildman–Crippen MR) is 163 cm³/mol. The molecule has 5 aliphatic rings. The van der Waals surface area contributed by atoms with Crippen molar-refractivity contribution < 1.29 is 49.3 Å². The maximum Gasteiger partial charge on any atom is 0.343 e. The molecule has 2 aromatic rings. The molecule has 2 aliphatic carbocycles. The average Bonchev–Trinajstić information content (AvgIpc) is 3.58. The van der Waals surface area contributed by atoms with Crippen LogP contribution in [0, 0.1) is 22.7 Å². The molecule has 5 N–H and O–H groups in total. The molecule has 4 fully saturated rings. The summed E-state index contributed by atoms with van der Waals surface area (Å²) in [7, 11) is 1.94. The minimum absolute atomic E-state index is 0.0316. The van der Waals surface area contributed by atoms with E-state index in [1.807, 2.05) is 48.9 Å². The molecular formula is C34H42N2O10. The highest BCUT2D eigenvalue weighted by atomic mass is 16.7. The van der Waals surface area contributed by atoms with Gasteiger partial charge in [0, 0.05) is 18.4 Å². The van der Waals surface area contributed by atoms with Gasteiger partial charge in [-0.15, -0.1) is 0 Å². The molecule has 11 atom stereocenters. The van der Waals surface area contributed by atoms with Gasteiger partial charge in [-0.1, -0.05) is 32.1 Å². The Morgan fingerprint density at radius 2 is 1.89 bits per heavy atom. The number of aliphatic hydroxyl groups is 5. The lowest BCUT2D eigenvalue weighted by molar-refractivity contribution is -0.361. The van der Waals surface area contributed by atoms with Gasteiger partial charge < -0.3 is 49.0 Å². The van der Waals surface area contributed by atoms with E-state index in [1.165, 1.54) is 0 Å². The Bertz CT molecular complexity index is 1610. The van der Waals surface area contributed by atoms with Gasteiger partial charge in [0.2, 0.25) is 0 Å². The van der Waals surface area contributed by atoms with Crippen molar-refractivity contribution >= 4 is 23.1 Å². The van der Waals surface area contributed by atoms with Crippen LogP contribution in [0.15, 0.2) is 54.1 Å². The van der Waals surface area contributed by atoms with E-state index >= 15 is 0 Å². The second-order valence-corrected chi connectivity index (χ2v) is 14.1. The monoisotopic (exact) mass is 638 g/mol. The number of hydrogen-bond acceptors (Lipinski definition) is 11. The molecule has 3 aliphatic heterocycles. The smallest absolute Gasteiger partial charge is 0.343 e. The number of aryl methyl sites for hydroxylation is 1. The van der Waals surface area contributed by atoms with Crippen LogP contribution in [0.2, 0.25) is 0 Å². The van der Waals surface area contributed by atoms with Crippen molar-refractivity contribution in [3.8, 4) is 0 Å². The highest BCUT2D eigenvalue weighted by molar-refractivity contribution is 5.96. The number of ether oxygens (including phenoxy) is 4. The van der Waals surface area contributed by atoms with Crippen molar-refractivity contribution in [3.05, 3.63) is 59.7 Å². The summed E-state index contributed by atoms with van der Waals surface area (Å²) in [6, 6.07) is 5.88. The second-order valence-electron chi connectivity index (χ2n) is 14.1. The maximum absolute atomic E-state index is 12.9. The quantitative estimate of drug-likeness (QED) is 0.177. The van der Waals surface area contributed by atoms with Crippen LogP contribution in [0.4, 0.5) is 0 Å². The number of benzene rings is 1. The molecule has 1 aromatic heterocycles. The van der Waals surface area contributed by atoms with Crippen molar-refractivity contribution in [2.75, 3.05) is 13.2 Å². The molecule has 248 valence electrons. The van der Waals surface area contributed by atoms with Gasteiger partial charge in [-0.3, -0.25) is 0 Å². The highest BCUT2D eigenvalue weighted by Crippen LogP contribution is 2.66. The lowest BCUT2D eigenvalue weighted by atomic mass is 9.45. The molecule has 1 spiro atoms. The van der Waals surface area contributed by atoms with Crippen molar-refractivity contribution in [2.45, 2.75) is 82.1 Å². The van der Waals surface area contributed by atoms with Crippen LogP contribution in [0.5, 0.6) is 0 Å². The van der Waals surface area contributed by atoms with E-state index in [1.54, 1.807) is 12.4 Å². The fourth-order valence-corrected chi connectivity index (χ4v) is 8.65. The van der Waals surface area contributed by atoms with E-state index in [2.05, 4.69) is 18.0 Å². The predicted octanol–water partition coefficient (Wildman–Crippen LogP) is 1.69. The van der Waals surface area contributed by atoms with Gasteiger partial charge in [0.25, 0.3) is 0 Å². The Morgan fingerprint density at radius 3 is 2.63 bits per heavy atom. The summed E-state index contributed by atoms with van der Waals surface area (Å²) in [5.41, 5.74) is 1.74. The number of aliphatic hydroxyl groups excluding tert-OH is 5. The van der Waals surface area contributed by atoms with Gasteiger partial charge in [-0.2, -0.15) is 0 Å². The summed E-state index contributed by atoms with van der Waals surface area (Å²) in [5.74, 6) is -0.0713. The molecule has 46 heavy (non-hydrogen) atoms. The standard InChI is InChI=1S/C34H42N2O10/c1-32-10-9-25(45-31-28(40)26(38)27(39)30(42)46-31)33(2,15-37)23(32)8-11-34(16-43-34)24(32)7-5-19-14-20(44-29(19)41)12-18-4-6-22-21(13-18)35-17-36(22)3/h4-7,12-14,17,23-28,30-31,37-40,42H,8-11,15-16H2,1-3H3/b7-5+,20-12+/t23?,24?,25-,26?,27?,28?,30?,31?,32+,33+,34?/m1/s1. The molecule has 2 saturated heterocycles. The molecule has 2 saturated carbocycles. The Balaban J connectivity index is 1.12. The van der Waals surface area contributed by atoms with Gasteiger partial charge in [-0.25, -0.2) is 9.78 Å². The Labute approximate surface area is 266 Å². The van der Waals surface area contributed by atoms with Crippen LogP contribution in [0.3, 0.4) is 0 Å². The number of hydrogen-bond donors (Lipinski definition) is 5. The molecule has 12 heteroatoms. The number of allylic oxidation sites excluding steroid dienone is 1. The van der Waals surface area contributed by atoms with Gasteiger partial charge in [-0.05, 0) is 66.9 Å². The molecule has 0 radical (unpaired) electrons. The van der Waals surface area contributed by atoms with Crippen LogP contribution < -0.4 is 0 Å². The Kier molecular flexibility index (Phi) is 7.81. The highest BCUT2D eigenvalue weighted by Gasteiger charge is 2.67. The lowest BCUT2D eigenvalue weighted by Crippen LogP contribution is -2.63. The Hall–Kier alpha value is -2.94. The summed E-state index contributed by atoms with van der Waals surface area (Å²) in [6.45, 7) is 4.58. The van der Waals surface area contributed by atoms with Crippen LogP contribution in [-0.4, -0.2) is 96.9 Å². The number of nitrogens with zero attached hydrogens (tertiary/aromatic N) is 2. The zero-order chi connectivity index (χ0) is 32.6. The first kappa shape index (κ1) is 31.6. The zero-order valence-electron chi connectivity index (χ0n) is 26.2. The summed E-state index contributed by atoms with van der Waals surface area (Å²) in [5, 5.41) is 51.5. The number of epoxide rings is 1. The molecular weight excluding hydrogens is 596 g/mol. The third-order valence-corrected chi connectivity index (χ3v) is 11.4. The topological polar surface area (TPSA) is 176 Å². The van der Waals surface area contributed by atoms with E-state index in [-0.39, 0.29) is 29.5 Å². The van der Waals surface area contributed by atoms with Gasteiger partial charge in [0.15, 0.2) is 12.6 Å². The molecule has 1 aromatic carbocycles. The second kappa shape index (κ2) is 11.3. The summed E-state index contributed by atoms with van der Waals surface area (Å²) >= 11 is 0. The minimum Gasteiger partial charge on any atom is -0.423 e. The van der Waals surface area contributed by atoms with Crippen molar-refractivity contribution in [3.63, 3.8) is 0 Å².